The fourth-order valence-corrected chi connectivity index (χ4v) is 2.85. The summed E-state index contributed by atoms with van der Waals surface area (Å²) in [4.78, 5) is 21.0. The van der Waals surface area contributed by atoms with Crippen molar-refractivity contribution in [1.82, 2.24) is 15.3 Å². The molecular weight excluding hydrogens is 360 g/mol. The summed E-state index contributed by atoms with van der Waals surface area (Å²) in [5, 5.41) is 8.87. The van der Waals surface area contributed by atoms with Gasteiger partial charge in [-0.3, -0.25) is 4.79 Å². The van der Waals surface area contributed by atoms with Crippen molar-refractivity contribution >= 4 is 29.4 Å². The van der Waals surface area contributed by atoms with Gasteiger partial charge in [-0.05, 0) is 26.0 Å². The largest absolute Gasteiger partial charge is 0.368 e. The van der Waals surface area contributed by atoms with E-state index in [1.165, 1.54) is 12.1 Å². The van der Waals surface area contributed by atoms with Crippen LogP contribution in [0.25, 0.3) is 0 Å². The summed E-state index contributed by atoms with van der Waals surface area (Å²) in [6.45, 7) is 5.31. The van der Waals surface area contributed by atoms with Gasteiger partial charge in [0.05, 0.1) is 5.56 Å². The minimum absolute atomic E-state index is 0.241. The Morgan fingerprint density at radius 1 is 1.19 bits per heavy atom. The number of halogens is 2. The molecule has 1 amide bonds. The summed E-state index contributed by atoms with van der Waals surface area (Å²) in [5.41, 5.74) is 1.06. The number of benzene rings is 1. The molecule has 0 atom stereocenters. The standard InChI is InChI=1S/C17H21F2N5OS/c1-3-20-17-23-11(2)10-14(24-17)21-8-9-22-15(25)12-6-4-5-7-13(12)26-16(18)19/h4-7,10,16H,3,8-9H2,1-2H3,(H,22,25)(H2,20,21,23,24). The molecule has 0 fully saturated rings. The maximum absolute atomic E-state index is 12.6. The first-order chi connectivity index (χ1) is 12.5. The van der Waals surface area contributed by atoms with Gasteiger partial charge in [-0.25, -0.2) is 4.98 Å². The molecule has 3 N–H and O–H groups in total. The molecule has 0 aliphatic carbocycles. The molecule has 0 unspecified atom stereocenters. The van der Waals surface area contributed by atoms with Crippen LogP contribution in [0, 0.1) is 6.92 Å². The Morgan fingerprint density at radius 3 is 2.69 bits per heavy atom. The summed E-state index contributed by atoms with van der Waals surface area (Å²) >= 11 is 0.364. The van der Waals surface area contributed by atoms with Crippen LogP contribution in [0.1, 0.15) is 23.0 Å². The number of nitrogens with zero attached hydrogens (tertiary/aromatic N) is 2. The summed E-state index contributed by atoms with van der Waals surface area (Å²) < 4.78 is 25.2. The van der Waals surface area contributed by atoms with Crippen LogP contribution in [0.2, 0.25) is 0 Å². The molecule has 6 nitrogen and oxygen atoms in total. The number of rotatable bonds is 9. The summed E-state index contributed by atoms with van der Waals surface area (Å²) in [7, 11) is 0. The minimum Gasteiger partial charge on any atom is -0.368 e. The first kappa shape index (κ1) is 19.9. The van der Waals surface area contributed by atoms with Gasteiger partial charge in [0.15, 0.2) is 0 Å². The fraction of sp³-hybridized carbons (Fsp3) is 0.353. The van der Waals surface area contributed by atoms with Crippen LogP contribution < -0.4 is 16.0 Å². The second-order valence-corrected chi connectivity index (χ2v) is 6.34. The van der Waals surface area contributed by atoms with E-state index >= 15 is 0 Å². The monoisotopic (exact) mass is 381 g/mol. The Labute approximate surface area is 155 Å². The Kier molecular flexibility index (Phi) is 7.58. The molecule has 1 heterocycles. The molecule has 0 aliphatic heterocycles. The van der Waals surface area contributed by atoms with Gasteiger partial charge in [-0.1, -0.05) is 23.9 Å². The van der Waals surface area contributed by atoms with Gasteiger partial charge in [-0.15, -0.1) is 0 Å². The van der Waals surface area contributed by atoms with Crippen LogP contribution >= 0.6 is 11.8 Å². The van der Waals surface area contributed by atoms with Gasteiger partial charge in [0.2, 0.25) is 5.95 Å². The lowest BCUT2D eigenvalue weighted by atomic mass is 10.2. The number of carbonyl (C=O) groups is 1. The first-order valence-corrected chi connectivity index (χ1v) is 9.03. The SMILES string of the molecule is CCNc1nc(C)cc(NCCNC(=O)c2ccccc2SC(F)F)n1. The predicted molar refractivity (Wildman–Crippen MR) is 100 cm³/mol. The molecular formula is C17H21F2N5OS. The molecule has 0 bridgehead atoms. The van der Waals surface area contributed by atoms with E-state index in [9.17, 15) is 13.6 Å². The highest BCUT2D eigenvalue weighted by Gasteiger charge is 2.14. The van der Waals surface area contributed by atoms with Crippen LogP contribution in [0.5, 0.6) is 0 Å². The molecule has 0 saturated heterocycles. The quantitative estimate of drug-likeness (QED) is 0.457. The molecule has 140 valence electrons. The van der Waals surface area contributed by atoms with Crippen LogP contribution in [-0.4, -0.2) is 41.3 Å². The molecule has 0 saturated carbocycles. The predicted octanol–water partition coefficient (Wildman–Crippen LogP) is 3.37. The van der Waals surface area contributed by atoms with Crippen molar-refractivity contribution in [2.75, 3.05) is 30.3 Å². The van der Waals surface area contributed by atoms with Crippen LogP contribution in [0.15, 0.2) is 35.2 Å². The Bertz CT molecular complexity index is 745. The Morgan fingerprint density at radius 2 is 1.96 bits per heavy atom. The molecule has 9 heteroatoms. The highest BCUT2D eigenvalue weighted by atomic mass is 32.2. The molecule has 1 aromatic heterocycles. The van der Waals surface area contributed by atoms with Crippen molar-refractivity contribution in [2.45, 2.75) is 24.5 Å². The van der Waals surface area contributed by atoms with E-state index in [-0.39, 0.29) is 16.4 Å². The Hall–Kier alpha value is -2.42. The topological polar surface area (TPSA) is 78.9 Å². The zero-order valence-electron chi connectivity index (χ0n) is 14.6. The van der Waals surface area contributed by atoms with Crippen molar-refractivity contribution in [1.29, 1.82) is 0 Å². The number of hydrogen-bond donors (Lipinski definition) is 3. The van der Waals surface area contributed by atoms with Crippen molar-refractivity contribution in [3.05, 3.63) is 41.6 Å². The normalized spacial score (nSPS) is 10.7. The molecule has 2 aromatic rings. The second kappa shape index (κ2) is 9.91. The first-order valence-electron chi connectivity index (χ1n) is 8.15. The summed E-state index contributed by atoms with van der Waals surface area (Å²) in [6, 6.07) is 8.12. The lowest BCUT2D eigenvalue weighted by Crippen LogP contribution is -2.29. The van der Waals surface area contributed by atoms with E-state index in [0.717, 1.165) is 12.2 Å². The average Bonchev–Trinajstić information content (AvgIpc) is 2.58. The van der Waals surface area contributed by atoms with Crippen LogP contribution in [0.3, 0.4) is 0 Å². The summed E-state index contributed by atoms with van der Waals surface area (Å²) in [5.74, 6) is -1.77. The number of anilines is 2. The van der Waals surface area contributed by atoms with Gasteiger partial charge < -0.3 is 16.0 Å². The van der Waals surface area contributed by atoms with E-state index in [2.05, 4.69) is 25.9 Å². The van der Waals surface area contributed by atoms with E-state index in [1.807, 2.05) is 13.8 Å². The van der Waals surface area contributed by atoms with E-state index in [1.54, 1.807) is 18.2 Å². The van der Waals surface area contributed by atoms with Crippen molar-refractivity contribution in [3.8, 4) is 0 Å². The van der Waals surface area contributed by atoms with Crippen molar-refractivity contribution in [3.63, 3.8) is 0 Å². The van der Waals surface area contributed by atoms with Crippen molar-refractivity contribution in [2.24, 2.45) is 0 Å². The number of aromatic nitrogens is 2. The number of hydrogen-bond acceptors (Lipinski definition) is 6. The number of amides is 1. The van der Waals surface area contributed by atoms with Crippen LogP contribution in [0.4, 0.5) is 20.5 Å². The molecule has 0 spiro atoms. The zero-order chi connectivity index (χ0) is 18.9. The van der Waals surface area contributed by atoms with Gasteiger partial charge in [0.25, 0.3) is 11.7 Å². The minimum atomic E-state index is -2.57. The third-order valence-electron chi connectivity index (χ3n) is 3.25. The fourth-order valence-electron chi connectivity index (χ4n) is 2.21. The van der Waals surface area contributed by atoms with E-state index < -0.39 is 5.76 Å². The smallest absolute Gasteiger partial charge is 0.288 e. The Balaban J connectivity index is 1.88. The molecule has 0 radical (unpaired) electrons. The number of alkyl halides is 2. The molecule has 26 heavy (non-hydrogen) atoms. The highest BCUT2D eigenvalue weighted by Crippen LogP contribution is 2.28. The molecule has 0 aliphatic rings. The average molecular weight is 381 g/mol. The van der Waals surface area contributed by atoms with Gasteiger partial charge in [-0.2, -0.15) is 13.8 Å². The van der Waals surface area contributed by atoms with E-state index in [0.29, 0.717) is 36.6 Å². The third kappa shape index (κ3) is 6.14. The lowest BCUT2D eigenvalue weighted by molar-refractivity contribution is 0.0952. The zero-order valence-corrected chi connectivity index (χ0v) is 15.4. The molecule has 2 rings (SSSR count). The number of nitrogens with one attached hydrogen (secondary N) is 3. The molecule has 1 aromatic carbocycles. The summed E-state index contributed by atoms with van der Waals surface area (Å²) in [6.07, 6.45) is 0. The van der Waals surface area contributed by atoms with Gasteiger partial charge in [0.1, 0.15) is 5.82 Å². The van der Waals surface area contributed by atoms with E-state index in [4.69, 9.17) is 0 Å². The highest BCUT2D eigenvalue weighted by molar-refractivity contribution is 7.99. The van der Waals surface area contributed by atoms with Gasteiger partial charge >= 0.3 is 0 Å². The van der Waals surface area contributed by atoms with Gasteiger partial charge in [0, 0.05) is 36.3 Å². The number of thioether (sulfide) groups is 1. The number of aryl methyl sites for hydroxylation is 1. The number of carbonyl (C=O) groups excluding carboxylic acids is 1. The van der Waals surface area contributed by atoms with Crippen molar-refractivity contribution < 1.29 is 13.6 Å². The van der Waals surface area contributed by atoms with Crippen LogP contribution in [-0.2, 0) is 0 Å². The maximum atomic E-state index is 12.6. The maximum Gasteiger partial charge on any atom is 0.288 e. The third-order valence-corrected chi connectivity index (χ3v) is 4.04. The lowest BCUT2D eigenvalue weighted by Gasteiger charge is -2.11. The second-order valence-electron chi connectivity index (χ2n) is 5.31.